The Morgan fingerprint density at radius 1 is 1.06 bits per heavy atom. The lowest BCUT2D eigenvalue weighted by Crippen LogP contribution is -2.13. The molecule has 1 unspecified atom stereocenters. The first-order valence-electron chi connectivity index (χ1n) is 10.0. The topological polar surface area (TPSA) is 43.4 Å². The Hall–Kier alpha value is -3.32. The van der Waals surface area contributed by atoms with E-state index in [2.05, 4.69) is 16.9 Å². The summed E-state index contributed by atoms with van der Waals surface area (Å²) in [6, 6.07) is 17.8. The van der Waals surface area contributed by atoms with Crippen LogP contribution >= 0.6 is 0 Å². The van der Waals surface area contributed by atoms with Gasteiger partial charge in [0.05, 0.1) is 12.7 Å². The minimum absolute atomic E-state index is 0.00784. The number of ether oxygens (including phenoxy) is 2. The number of halogens is 3. The fourth-order valence-electron chi connectivity index (χ4n) is 3.49. The molecule has 3 rings (SSSR count). The van der Waals surface area contributed by atoms with Gasteiger partial charge in [-0.1, -0.05) is 36.9 Å². The van der Waals surface area contributed by atoms with E-state index in [-0.39, 0.29) is 17.3 Å². The zero-order valence-electron chi connectivity index (χ0n) is 17.9. The summed E-state index contributed by atoms with van der Waals surface area (Å²) in [6.45, 7) is 4.46. The van der Waals surface area contributed by atoms with Gasteiger partial charge in [-0.25, -0.2) is 4.98 Å². The molecule has 2 aromatic carbocycles. The summed E-state index contributed by atoms with van der Waals surface area (Å²) in [5, 5.41) is 3.05. The molecule has 0 aliphatic rings. The summed E-state index contributed by atoms with van der Waals surface area (Å²) in [5.41, 5.74) is 1.10. The van der Waals surface area contributed by atoms with Gasteiger partial charge in [-0.2, -0.15) is 13.2 Å². The van der Waals surface area contributed by atoms with Gasteiger partial charge < -0.3 is 14.8 Å². The molecule has 0 amide bonds. The van der Waals surface area contributed by atoms with E-state index in [1.807, 2.05) is 30.3 Å². The van der Waals surface area contributed by atoms with Gasteiger partial charge in [0.1, 0.15) is 11.6 Å². The lowest BCUT2D eigenvalue weighted by atomic mass is 9.84. The molecular weight excluding hydrogens is 417 g/mol. The summed E-state index contributed by atoms with van der Waals surface area (Å²) in [4.78, 5) is 3.99. The highest BCUT2D eigenvalue weighted by atomic mass is 19.4. The van der Waals surface area contributed by atoms with Crippen molar-refractivity contribution in [1.82, 2.24) is 4.98 Å². The summed E-state index contributed by atoms with van der Waals surface area (Å²) in [5.74, 6) is 0.625. The number of benzene rings is 2. The lowest BCUT2D eigenvalue weighted by molar-refractivity contribution is -0.138. The molecule has 3 aromatic rings. The van der Waals surface area contributed by atoms with Crippen LogP contribution in [0.4, 0.5) is 24.7 Å². The van der Waals surface area contributed by atoms with E-state index < -0.39 is 11.7 Å². The maximum absolute atomic E-state index is 13.8. The first-order valence-corrected chi connectivity index (χ1v) is 10.0. The maximum Gasteiger partial charge on any atom is 0.418 e. The molecule has 1 heterocycles. The van der Waals surface area contributed by atoms with Crippen molar-refractivity contribution >= 4 is 17.1 Å². The molecule has 0 bridgehead atoms. The van der Waals surface area contributed by atoms with Crippen LogP contribution in [0, 0.1) is 0 Å². The Morgan fingerprint density at radius 2 is 1.75 bits per heavy atom. The third-order valence-corrected chi connectivity index (χ3v) is 5.15. The average molecular weight is 442 g/mol. The molecule has 1 aromatic heterocycles. The van der Waals surface area contributed by atoms with Crippen molar-refractivity contribution in [1.29, 1.82) is 0 Å². The van der Waals surface area contributed by atoms with Crippen molar-refractivity contribution in [3.8, 4) is 5.75 Å². The Labute approximate surface area is 185 Å². The van der Waals surface area contributed by atoms with Crippen LogP contribution in [0.15, 0.2) is 73.4 Å². The normalized spacial score (nSPS) is 12.3. The standard InChI is InChI=1S/C25H25F3N2O2/c1-17(21(13-14-31-2)18-7-5-4-6-8-18)22-15-24(29-16-23(22)25(26,27)28)30-19-9-11-20(32-3)12-10-19/h4-12,15-16,21H,1,13-14H2,2-3H3,(H,29,30). The van der Waals surface area contributed by atoms with Gasteiger partial charge >= 0.3 is 6.18 Å². The fraction of sp³-hybridized carbons (Fsp3) is 0.240. The molecule has 0 spiro atoms. The molecule has 1 atom stereocenters. The summed E-state index contributed by atoms with van der Waals surface area (Å²) >= 11 is 0. The minimum Gasteiger partial charge on any atom is -0.497 e. The third kappa shape index (κ3) is 5.68. The number of allylic oxidation sites excluding steroid dienone is 1. The van der Waals surface area contributed by atoms with E-state index in [4.69, 9.17) is 9.47 Å². The number of aromatic nitrogens is 1. The maximum atomic E-state index is 13.8. The predicted octanol–water partition coefficient (Wildman–Crippen LogP) is 6.69. The molecule has 0 saturated heterocycles. The Kier molecular flexibility index (Phi) is 7.53. The SMILES string of the molecule is C=C(c1cc(Nc2ccc(OC)cc2)ncc1C(F)(F)F)C(CCOC)c1ccccc1. The lowest BCUT2D eigenvalue weighted by Gasteiger charge is -2.23. The molecular formula is C25H25F3N2O2. The van der Waals surface area contributed by atoms with E-state index in [0.29, 0.717) is 30.0 Å². The van der Waals surface area contributed by atoms with E-state index >= 15 is 0 Å². The second-order valence-corrected chi connectivity index (χ2v) is 7.24. The second kappa shape index (κ2) is 10.3. The van der Waals surface area contributed by atoms with E-state index in [1.54, 1.807) is 38.5 Å². The van der Waals surface area contributed by atoms with Crippen LogP contribution in [-0.4, -0.2) is 25.8 Å². The van der Waals surface area contributed by atoms with Gasteiger partial charge in [0.25, 0.3) is 0 Å². The summed E-state index contributed by atoms with van der Waals surface area (Å²) < 4.78 is 51.8. The molecule has 4 nitrogen and oxygen atoms in total. The highest BCUT2D eigenvalue weighted by Crippen LogP contribution is 2.41. The molecule has 32 heavy (non-hydrogen) atoms. The Bertz CT molecular complexity index is 1040. The number of hydrogen-bond acceptors (Lipinski definition) is 4. The van der Waals surface area contributed by atoms with Crippen molar-refractivity contribution in [2.45, 2.75) is 18.5 Å². The van der Waals surface area contributed by atoms with Gasteiger partial charge in [0.2, 0.25) is 0 Å². The number of nitrogens with zero attached hydrogens (tertiary/aromatic N) is 1. The van der Waals surface area contributed by atoms with Crippen molar-refractivity contribution in [2.75, 3.05) is 26.1 Å². The van der Waals surface area contributed by atoms with Crippen LogP contribution in [0.5, 0.6) is 5.75 Å². The molecule has 0 fully saturated rings. The first kappa shape index (κ1) is 23.3. The number of alkyl halides is 3. The van der Waals surface area contributed by atoms with E-state index in [1.165, 1.54) is 6.07 Å². The quantitative estimate of drug-likeness (QED) is 0.401. The van der Waals surface area contributed by atoms with Crippen molar-refractivity contribution in [3.05, 3.63) is 90.1 Å². The van der Waals surface area contributed by atoms with Gasteiger partial charge in [-0.3, -0.25) is 0 Å². The van der Waals surface area contributed by atoms with Gasteiger partial charge in [0, 0.05) is 31.5 Å². The highest BCUT2D eigenvalue weighted by molar-refractivity contribution is 5.75. The predicted molar refractivity (Wildman–Crippen MR) is 120 cm³/mol. The molecule has 0 radical (unpaired) electrons. The Morgan fingerprint density at radius 3 is 2.34 bits per heavy atom. The van der Waals surface area contributed by atoms with Crippen LogP contribution < -0.4 is 10.1 Å². The monoisotopic (exact) mass is 442 g/mol. The molecule has 0 saturated carbocycles. The minimum atomic E-state index is -4.56. The molecule has 0 aliphatic heterocycles. The zero-order chi connectivity index (χ0) is 23.1. The van der Waals surface area contributed by atoms with E-state index in [9.17, 15) is 13.2 Å². The molecule has 0 aliphatic carbocycles. The number of rotatable bonds is 9. The third-order valence-electron chi connectivity index (χ3n) is 5.15. The number of hydrogen-bond donors (Lipinski definition) is 1. The van der Waals surface area contributed by atoms with Crippen LogP contribution in [0.2, 0.25) is 0 Å². The average Bonchev–Trinajstić information content (AvgIpc) is 2.79. The summed E-state index contributed by atoms with van der Waals surface area (Å²) in [6.07, 6.45) is -3.21. The second-order valence-electron chi connectivity index (χ2n) is 7.24. The fourth-order valence-corrected chi connectivity index (χ4v) is 3.49. The van der Waals surface area contributed by atoms with Crippen molar-refractivity contribution in [3.63, 3.8) is 0 Å². The Balaban J connectivity index is 2.00. The van der Waals surface area contributed by atoms with Gasteiger partial charge in [0.15, 0.2) is 0 Å². The van der Waals surface area contributed by atoms with E-state index in [0.717, 1.165) is 11.8 Å². The largest absolute Gasteiger partial charge is 0.497 e. The number of methoxy groups -OCH3 is 2. The molecule has 7 heteroatoms. The number of nitrogens with one attached hydrogen (secondary N) is 1. The summed E-state index contributed by atoms with van der Waals surface area (Å²) in [7, 11) is 3.12. The van der Waals surface area contributed by atoms with Crippen LogP contribution in [-0.2, 0) is 10.9 Å². The van der Waals surface area contributed by atoms with Crippen LogP contribution in [0.25, 0.3) is 5.57 Å². The van der Waals surface area contributed by atoms with Crippen molar-refractivity contribution < 1.29 is 22.6 Å². The first-order chi connectivity index (χ1) is 15.3. The smallest absolute Gasteiger partial charge is 0.418 e. The van der Waals surface area contributed by atoms with Gasteiger partial charge in [-0.05, 0) is 53.5 Å². The van der Waals surface area contributed by atoms with Gasteiger partial charge in [-0.15, -0.1) is 0 Å². The van der Waals surface area contributed by atoms with Crippen molar-refractivity contribution in [2.24, 2.45) is 0 Å². The zero-order valence-corrected chi connectivity index (χ0v) is 17.9. The molecule has 168 valence electrons. The van der Waals surface area contributed by atoms with Crippen LogP contribution in [0.1, 0.15) is 29.0 Å². The van der Waals surface area contributed by atoms with Crippen LogP contribution in [0.3, 0.4) is 0 Å². The molecule has 1 N–H and O–H groups in total. The highest BCUT2D eigenvalue weighted by Gasteiger charge is 2.36. The number of anilines is 2. The number of pyridine rings is 1.